The Morgan fingerprint density at radius 2 is 2.03 bits per heavy atom. The second-order valence-electron chi connectivity index (χ2n) is 9.23. The van der Waals surface area contributed by atoms with Crippen LogP contribution in [0.15, 0.2) is 35.4 Å². The number of amides is 1. The lowest BCUT2D eigenvalue weighted by atomic mass is 10.0. The van der Waals surface area contributed by atoms with E-state index < -0.39 is 17.7 Å². The molecule has 1 amide bonds. The summed E-state index contributed by atoms with van der Waals surface area (Å²) in [6.45, 7) is 7.53. The van der Waals surface area contributed by atoms with E-state index in [1.807, 2.05) is 59.1 Å². The summed E-state index contributed by atoms with van der Waals surface area (Å²) in [4.78, 5) is 32.4. The van der Waals surface area contributed by atoms with Gasteiger partial charge in [-0.05, 0) is 51.7 Å². The zero-order valence-corrected chi connectivity index (χ0v) is 18.7. The van der Waals surface area contributed by atoms with Gasteiger partial charge in [-0.1, -0.05) is 19.1 Å². The van der Waals surface area contributed by atoms with E-state index >= 15 is 0 Å². The van der Waals surface area contributed by atoms with Crippen LogP contribution in [0.3, 0.4) is 0 Å². The zero-order valence-electron chi connectivity index (χ0n) is 18.7. The van der Waals surface area contributed by atoms with Gasteiger partial charge in [0.1, 0.15) is 5.82 Å². The Morgan fingerprint density at radius 3 is 2.55 bits per heavy atom. The third-order valence-electron chi connectivity index (χ3n) is 5.81. The van der Waals surface area contributed by atoms with Gasteiger partial charge in [0.2, 0.25) is 0 Å². The fourth-order valence-electron chi connectivity index (χ4n) is 4.35. The first-order valence-electron chi connectivity index (χ1n) is 10.7. The second kappa shape index (κ2) is 7.51. The average Bonchev–Trinajstić information content (AvgIpc) is 3.43. The van der Waals surface area contributed by atoms with E-state index in [9.17, 15) is 14.7 Å². The Labute approximate surface area is 181 Å². The first kappa shape index (κ1) is 21.1. The minimum atomic E-state index is -1.01. The molecule has 1 N–H and O–H groups in total. The van der Waals surface area contributed by atoms with E-state index in [-0.39, 0.29) is 11.6 Å². The quantitative estimate of drug-likeness (QED) is 0.658. The number of aromatic nitrogens is 4. The lowest BCUT2D eigenvalue weighted by Gasteiger charge is -2.39. The van der Waals surface area contributed by atoms with Crippen LogP contribution in [0.5, 0.6) is 0 Å². The molecule has 1 aliphatic rings. The van der Waals surface area contributed by atoms with Gasteiger partial charge in [0, 0.05) is 30.4 Å². The molecule has 0 radical (unpaired) electrons. The molecule has 0 aliphatic heterocycles. The Kier molecular flexibility index (Phi) is 5.11. The number of benzene rings is 1. The molecular formula is C23H29N5O3. The first-order valence-corrected chi connectivity index (χ1v) is 10.7. The fourth-order valence-corrected chi connectivity index (χ4v) is 4.35. The van der Waals surface area contributed by atoms with E-state index in [2.05, 4.69) is 5.10 Å². The van der Waals surface area contributed by atoms with E-state index in [1.54, 1.807) is 15.4 Å². The summed E-state index contributed by atoms with van der Waals surface area (Å²) in [6, 6.07) is 5.16. The molecule has 8 nitrogen and oxygen atoms in total. The molecule has 3 aromatic rings. The lowest BCUT2D eigenvalue weighted by molar-refractivity contribution is 0.0637. The van der Waals surface area contributed by atoms with E-state index in [0.717, 1.165) is 24.0 Å². The van der Waals surface area contributed by atoms with E-state index in [0.29, 0.717) is 23.1 Å². The SMILES string of the molecule is CC[C@@H](c1nc2cccc(-c3cnn(C)c3)c2c(=O)n1C1CC1)N(C(=O)O)C(C)(C)C. The minimum Gasteiger partial charge on any atom is -0.465 e. The molecule has 1 aliphatic carbocycles. The van der Waals surface area contributed by atoms with Crippen molar-refractivity contribution in [2.24, 2.45) is 7.05 Å². The number of nitrogens with zero attached hydrogens (tertiary/aromatic N) is 5. The molecule has 31 heavy (non-hydrogen) atoms. The predicted molar refractivity (Wildman–Crippen MR) is 119 cm³/mol. The normalized spacial score (nSPS) is 15.3. The maximum atomic E-state index is 13.8. The molecule has 2 aromatic heterocycles. The van der Waals surface area contributed by atoms with Gasteiger partial charge in [-0.2, -0.15) is 5.10 Å². The standard InChI is InChI=1S/C23H29N5O3/c1-6-18(28(22(30)31)23(2,3)4)20-25-17-9-7-8-16(14-12-24-26(5)13-14)19(17)21(29)27(20)15-10-11-15/h7-9,12-13,15,18H,6,10-11H2,1-5H3,(H,30,31)/t18-/m0/s1. The second-order valence-corrected chi connectivity index (χ2v) is 9.23. The van der Waals surface area contributed by atoms with Crippen molar-refractivity contribution in [2.75, 3.05) is 0 Å². The average molecular weight is 424 g/mol. The van der Waals surface area contributed by atoms with Crippen molar-refractivity contribution in [3.63, 3.8) is 0 Å². The summed E-state index contributed by atoms with van der Waals surface area (Å²) in [5, 5.41) is 14.8. The van der Waals surface area contributed by atoms with Crippen LogP contribution in [-0.4, -0.2) is 41.0 Å². The Morgan fingerprint density at radius 1 is 1.32 bits per heavy atom. The van der Waals surface area contributed by atoms with Crippen LogP contribution in [0.25, 0.3) is 22.0 Å². The number of rotatable bonds is 5. The maximum absolute atomic E-state index is 13.8. The molecule has 164 valence electrons. The topological polar surface area (TPSA) is 93.3 Å². The summed E-state index contributed by atoms with van der Waals surface area (Å²) in [5.41, 5.74) is 1.49. The Bertz CT molecular complexity index is 1200. The smallest absolute Gasteiger partial charge is 0.408 e. The molecule has 0 spiro atoms. The number of aryl methyl sites for hydroxylation is 1. The highest BCUT2D eigenvalue weighted by Crippen LogP contribution is 2.39. The Hall–Kier alpha value is -3.16. The van der Waals surface area contributed by atoms with E-state index in [4.69, 9.17) is 4.98 Å². The van der Waals surface area contributed by atoms with Crippen LogP contribution < -0.4 is 5.56 Å². The predicted octanol–water partition coefficient (Wildman–Crippen LogP) is 4.36. The maximum Gasteiger partial charge on any atom is 0.408 e. The molecule has 1 fully saturated rings. The molecule has 0 saturated heterocycles. The number of hydrogen-bond acceptors (Lipinski definition) is 4. The van der Waals surface area contributed by atoms with Crippen molar-refractivity contribution in [2.45, 2.75) is 64.6 Å². The molecule has 1 saturated carbocycles. The van der Waals surface area contributed by atoms with Gasteiger partial charge < -0.3 is 5.11 Å². The minimum absolute atomic E-state index is 0.0611. The molecule has 1 atom stereocenters. The van der Waals surface area contributed by atoms with Crippen LogP contribution in [0.1, 0.15) is 64.9 Å². The highest BCUT2D eigenvalue weighted by molar-refractivity contribution is 5.93. The van der Waals surface area contributed by atoms with Gasteiger partial charge >= 0.3 is 6.09 Å². The number of carbonyl (C=O) groups is 1. The van der Waals surface area contributed by atoms with Gasteiger partial charge in [-0.25, -0.2) is 9.78 Å². The van der Waals surface area contributed by atoms with Crippen LogP contribution in [0.4, 0.5) is 4.79 Å². The summed E-state index contributed by atoms with van der Waals surface area (Å²) >= 11 is 0. The van der Waals surface area contributed by atoms with Crippen molar-refractivity contribution in [1.82, 2.24) is 24.2 Å². The molecule has 4 rings (SSSR count). The third kappa shape index (κ3) is 3.71. The highest BCUT2D eigenvalue weighted by Gasteiger charge is 2.38. The highest BCUT2D eigenvalue weighted by atomic mass is 16.4. The van der Waals surface area contributed by atoms with Crippen molar-refractivity contribution in [3.05, 3.63) is 46.8 Å². The first-order chi connectivity index (χ1) is 14.6. The van der Waals surface area contributed by atoms with Crippen LogP contribution >= 0.6 is 0 Å². The van der Waals surface area contributed by atoms with Crippen LogP contribution in [0.2, 0.25) is 0 Å². The zero-order chi connectivity index (χ0) is 22.5. The Balaban J connectivity index is 2.00. The van der Waals surface area contributed by atoms with Gasteiger partial charge in [-0.3, -0.25) is 18.9 Å². The van der Waals surface area contributed by atoms with Crippen LogP contribution in [-0.2, 0) is 7.05 Å². The van der Waals surface area contributed by atoms with Crippen molar-refractivity contribution in [3.8, 4) is 11.1 Å². The monoisotopic (exact) mass is 423 g/mol. The van der Waals surface area contributed by atoms with Crippen molar-refractivity contribution >= 4 is 17.0 Å². The number of carboxylic acid groups (broad SMARTS) is 1. The third-order valence-corrected chi connectivity index (χ3v) is 5.81. The fraction of sp³-hybridized carbons (Fsp3) is 0.478. The summed E-state index contributed by atoms with van der Waals surface area (Å²) < 4.78 is 3.45. The lowest BCUT2D eigenvalue weighted by Crippen LogP contribution is -2.48. The summed E-state index contributed by atoms with van der Waals surface area (Å²) in [7, 11) is 1.84. The van der Waals surface area contributed by atoms with E-state index in [1.165, 1.54) is 4.90 Å². The molecule has 0 bridgehead atoms. The van der Waals surface area contributed by atoms with Gasteiger partial charge in [0.25, 0.3) is 5.56 Å². The van der Waals surface area contributed by atoms with Crippen molar-refractivity contribution < 1.29 is 9.90 Å². The summed E-state index contributed by atoms with van der Waals surface area (Å²) in [6.07, 6.45) is 4.92. The van der Waals surface area contributed by atoms with Gasteiger partial charge in [-0.15, -0.1) is 0 Å². The van der Waals surface area contributed by atoms with Crippen molar-refractivity contribution in [1.29, 1.82) is 0 Å². The molecule has 1 aromatic carbocycles. The number of hydrogen-bond donors (Lipinski definition) is 1. The van der Waals surface area contributed by atoms with Gasteiger partial charge in [0.15, 0.2) is 0 Å². The molecule has 8 heteroatoms. The molecular weight excluding hydrogens is 394 g/mol. The molecule has 2 heterocycles. The largest absolute Gasteiger partial charge is 0.465 e. The number of fused-ring (bicyclic) bond motifs is 1. The summed E-state index contributed by atoms with van der Waals surface area (Å²) in [5.74, 6) is 0.531. The van der Waals surface area contributed by atoms with Gasteiger partial charge in [0.05, 0.1) is 23.1 Å². The molecule has 0 unspecified atom stereocenters. The van der Waals surface area contributed by atoms with Crippen LogP contribution in [0, 0.1) is 0 Å².